The highest BCUT2D eigenvalue weighted by Gasteiger charge is 2.23. The predicted octanol–water partition coefficient (Wildman–Crippen LogP) is 5.70. The average molecular weight is 616 g/mol. The van der Waals surface area contributed by atoms with Crippen LogP contribution >= 0.6 is 54.8 Å². The zero-order chi connectivity index (χ0) is 24.1. The number of carbonyl (C=O) groups is 2. The van der Waals surface area contributed by atoms with Crippen LogP contribution in [-0.2, 0) is 27.3 Å². The SMILES string of the molecule is COC(=O)C(Cc1cc(Br)sc1Br)NC(=O)/C=C/c1c(C)nn(Cc2ccccc2Cl)c1C. The van der Waals surface area contributed by atoms with Crippen LogP contribution in [0.15, 0.2) is 44.0 Å². The third-order valence-corrected chi connectivity index (χ3v) is 7.90. The molecular weight excluding hydrogens is 594 g/mol. The average Bonchev–Trinajstić information content (AvgIpc) is 3.23. The molecule has 6 nitrogen and oxygen atoms in total. The fourth-order valence-corrected chi connectivity index (χ4v) is 6.40. The molecule has 0 bridgehead atoms. The van der Waals surface area contributed by atoms with Gasteiger partial charge in [-0.25, -0.2) is 4.79 Å². The number of hydrogen-bond donors (Lipinski definition) is 1. The first kappa shape index (κ1) is 25.7. The monoisotopic (exact) mass is 613 g/mol. The molecule has 3 aromatic rings. The number of esters is 1. The fraction of sp³-hybridized carbons (Fsp3) is 0.261. The molecule has 10 heteroatoms. The lowest BCUT2D eigenvalue weighted by atomic mass is 10.1. The number of methoxy groups -OCH3 is 1. The van der Waals surface area contributed by atoms with Gasteiger partial charge in [-0.2, -0.15) is 5.10 Å². The van der Waals surface area contributed by atoms with Gasteiger partial charge in [-0.15, -0.1) is 11.3 Å². The summed E-state index contributed by atoms with van der Waals surface area (Å²) >= 11 is 14.7. The maximum absolute atomic E-state index is 12.6. The third-order valence-electron chi connectivity index (χ3n) is 5.07. The quantitative estimate of drug-likeness (QED) is 0.261. The lowest BCUT2D eigenvalue weighted by Gasteiger charge is -2.15. The van der Waals surface area contributed by atoms with Crippen LogP contribution in [0.25, 0.3) is 6.08 Å². The van der Waals surface area contributed by atoms with Gasteiger partial charge in [0.2, 0.25) is 5.91 Å². The first-order valence-electron chi connectivity index (χ1n) is 9.97. The molecule has 0 aliphatic carbocycles. The minimum atomic E-state index is -0.810. The number of halogens is 3. The molecule has 2 heterocycles. The summed E-state index contributed by atoms with van der Waals surface area (Å²) in [7, 11) is 1.30. The zero-order valence-corrected chi connectivity index (χ0v) is 22.9. The Hall–Kier alpha value is -1.94. The summed E-state index contributed by atoms with van der Waals surface area (Å²) in [6.07, 6.45) is 3.43. The van der Waals surface area contributed by atoms with Gasteiger partial charge >= 0.3 is 5.97 Å². The molecule has 0 fully saturated rings. The van der Waals surface area contributed by atoms with Gasteiger partial charge in [0, 0.05) is 28.8 Å². The van der Waals surface area contributed by atoms with E-state index in [0.29, 0.717) is 18.0 Å². The Kier molecular flexibility index (Phi) is 8.92. The van der Waals surface area contributed by atoms with Gasteiger partial charge in [0.05, 0.1) is 26.9 Å². The van der Waals surface area contributed by atoms with E-state index in [4.69, 9.17) is 16.3 Å². The van der Waals surface area contributed by atoms with Crippen molar-refractivity contribution in [1.82, 2.24) is 15.1 Å². The van der Waals surface area contributed by atoms with Crippen LogP contribution in [0.5, 0.6) is 0 Å². The molecule has 0 radical (unpaired) electrons. The summed E-state index contributed by atoms with van der Waals surface area (Å²) in [5, 5.41) is 8.01. The van der Waals surface area contributed by atoms with Gasteiger partial charge in [-0.1, -0.05) is 29.8 Å². The van der Waals surface area contributed by atoms with Gasteiger partial charge in [0.1, 0.15) is 6.04 Å². The number of thiophene rings is 1. The second-order valence-corrected chi connectivity index (χ2v) is 11.5. The van der Waals surface area contributed by atoms with Crippen LogP contribution in [0.3, 0.4) is 0 Å². The Morgan fingerprint density at radius 1 is 1.27 bits per heavy atom. The number of rotatable bonds is 8. The van der Waals surface area contributed by atoms with E-state index >= 15 is 0 Å². The van der Waals surface area contributed by atoms with Crippen molar-refractivity contribution in [2.24, 2.45) is 0 Å². The molecule has 1 N–H and O–H groups in total. The summed E-state index contributed by atoms with van der Waals surface area (Å²) in [6, 6.07) is 8.72. The first-order valence-corrected chi connectivity index (χ1v) is 12.7. The van der Waals surface area contributed by atoms with E-state index in [1.807, 2.05) is 48.9 Å². The summed E-state index contributed by atoms with van der Waals surface area (Å²) in [6.45, 7) is 4.36. The summed E-state index contributed by atoms with van der Waals surface area (Å²) in [5.74, 6) is -0.903. The van der Waals surface area contributed by atoms with E-state index in [0.717, 1.165) is 35.7 Å². The number of benzene rings is 1. The van der Waals surface area contributed by atoms with Crippen LogP contribution in [-0.4, -0.2) is 34.8 Å². The molecule has 0 aliphatic heterocycles. The van der Waals surface area contributed by atoms with Crippen molar-refractivity contribution in [3.63, 3.8) is 0 Å². The van der Waals surface area contributed by atoms with Gasteiger partial charge in [-0.3, -0.25) is 9.48 Å². The van der Waals surface area contributed by atoms with Crippen LogP contribution in [0.1, 0.15) is 28.1 Å². The van der Waals surface area contributed by atoms with Crippen molar-refractivity contribution in [3.05, 3.63) is 77.1 Å². The number of hydrogen-bond acceptors (Lipinski definition) is 5. The van der Waals surface area contributed by atoms with Crippen molar-refractivity contribution in [2.75, 3.05) is 7.11 Å². The molecule has 33 heavy (non-hydrogen) atoms. The molecule has 1 aromatic carbocycles. The van der Waals surface area contributed by atoms with Gasteiger partial charge in [0.25, 0.3) is 0 Å². The van der Waals surface area contributed by atoms with E-state index in [1.54, 1.807) is 6.08 Å². The summed E-state index contributed by atoms with van der Waals surface area (Å²) in [5.41, 5.74) is 4.41. The van der Waals surface area contributed by atoms with E-state index < -0.39 is 17.9 Å². The molecular formula is C23H22Br2ClN3O3S. The number of carbonyl (C=O) groups excluding carboxylic acids is 2. The molecule has 0 saturated heterocycles. The topological polar surface area (TPSA) is 73.2 Å². The van der Waals surface area contributed by atoms with Crippen molar-refractivity contribution < 1.29 is 14.3 Å². The molecule has 3 rings (SSSR count). The Morgan fingerprint density at radius 3 is 2.64 bits per heavy atom. The van der Waals surface area contributed by atoms with E-state index in [1.165, 1.54) is 24.5 Å². The van der Waals surface area contributed by atoms with Crippen molar-refractivity contribution in [1.29, 1.82) is 0 Å². The Labute approximate surface area is 218 Å². The maximum Gasteiger partial charge on any atom is 0.328 e. The maximum atomic E-state index is 12.6. The first-order chi connectivity index (χ1) is 15.7. The molecule has 0 aliphatic rings. The standard InChI is InChI=1S/C23H22Br2ClN3O3S/c1-13-17(14(2)29(28-13)12-15-6-4-5-7-18(15)26)8-9-21(30)27-19(23(31)32-3)10-16-11-20(24)33-22(16)25/h4-9,11,19H,10,12H2,1-3H3,(H,27,30)/b9-8+. The highest BCUT2D eigenvalue weighted by Crippen LogP contribution is 2.32. The van der Waals surface area contributed by atoms with Crippen LogP contribution in [0.2, 0.25) is 5.02 Å². The summed E-state index contributed by atoms with van der Waals surface area (Å²) < 4.78 is 8.56. The molecule has 1 amide bonds. The van der Waals surface area contributed by atoms with Crippen LogP contribution < -0.4 is 5.32 Å². The largest absolute Gasteiger partial charge is 0.467 e. The van der Waals surface area contributed by atoms with Crippen molar-refractivity contribution in [3.8, 4) is 0 Å². The van der Waals surface area contributed by atoms with Crippen molar-refractivity contribution in [2.45, 2.75) is 32.9 Å². The molecule has 0 spiro atoms. The van der Waals surface area contributed by atoms with Crippen LogP contribution in [0, 0.1) is 13.8 Å². The smallest absolute Gasteiger partial charge is 0.328 e. The summed E-state index contributed by atoms with van der Waals surface area (Å²) in [4.78, 5) is 24.9. The van der Waals surface area contributed by atoms with Gasteiger partial charge < -0.3 is 10.1 Å². The molecule has 174 valence electrons. The second kappa shape index (κ2) is 11.5. The number of aryl methyl sites for hydroxylation is 1. The normalized spacial score (nSPS) is 12.2. The predicted molar refractivity (Wildman–Crippen MR) is 139 cm³/mol. The Morgan fingerprint density at radius 2 is 2.00 bits per heavy atom. The van der Waals surface area contributed by atoms with E-state index in [9.17, 15) is 9.59 Å². The second-order valence-electron chi connectivity index (χ2n) is 7.30. The minimum Gasteiger partial charge on any atom is -0.467 e. The van der Waals surface area contributed by atoms with E-state index in [-0.39, 0.29) is 0 Å². The number of ether oxygens (including phenoxy) is 1. The molecule has 1 unspecified atom stereocenters. The highest BCUT2D eigenvalue weighted by atomic mass is 79.9. The minimum absolute atomic E-state index is 0.308. The number of amides is 1. The fourth-order valence-electron chi connectivity index (χ4n) is 3.34. The molecule has 2 aromatic heterocycles. The number of nitrogens with zero attached hydrogens (tertiary/aromatic N) is 2. The molecule has 1 atom stereocenters. The van der Waals surface area contributed by atoms with Crippen molar-refractivity contribution >= 4 is 72.8 Å². The highest BCUT2D eigenvalue weighted by molar-refractivity contribution is 9.12. The zero-order valence-electron chi connectivity index (χ0n) is 18.2. The third kappa shape index (κ3) is 6.56. The lowest BCUT2D eigenvalue weighted by molar-refractivity contribution is -0.144. The lowest BCUT2D eigenvalue weighted by Crippen LogP contribution is -2.42. The van der Waals surface area contributed by atoms with E-state index in [2.05, 4.69) is 42.3 Å². The molecule has 0 saturated carbocycles. The Bertz CT molecular complexity index is 1210. The van der Waals surface area contributed by atoms with Gasteiger partial charge in [-0.05, 0) is 75.0 Å². The number of nitrogens with one attached hydrogen (secondary N) is 1. The van der Waals surface area contributed by atoms with Gasteiger partial charge in [0.15, 0.2) is 0 Å². The Balaban J connectivity index is 1.73. The van der Waals surface area contributed by atoms with Crippen LogP contribution in [0.4, 0.5) is 0 Å². The number of aromatic nitrogens is 2.